The SMILES string of the molecule is C[C@@]1(CO)CCNC[C@@H]1O.Cl. The summed E-state index contributed by atoms with van der Waals surface area (Å²) in [6.45, 7) is 3.50. The van der Waals surface area contributed by atoms with Crippen LogP contribution in [-0.4, -0.2) is 36.0 Å². The van der Waals surface area contributed by atoms with Gasteiger partial charge < -0.3 is 15.5 Å². The second-order valence-corrected chi connectivity index (χ2v) is 3.28. The molecule has 0 radical (unpaired) electrons. The van der Waals surface area contributed by atoms with Crippen LogP contribution in [0.1, 0.15) is 13.3 Å². The number of hydrogen-bond donors (Lipinski definition) is 3. The van der Waals surface area contributed by atoms with E-state index in [9.17, 15) is 5.11 Å². The highest BCUT2D eigenvalue weighted by Crippen LogP contribution is 2.26. The van der Waals surface area contributed by atoms with Gasteiger partial charge in [-0.2, -0.15) is 0 Å². The van der Waals surface area contributed by atoms with Gasteiger partial charge in [-0.1, -0.05) is 6.92 Å². The molecule has 1 rings (SSSR count). The third-order valence-corrected chi connectivity index (χ3v) is 2.38. The highest BCUT2D eigenvalue weighted by molar-refractivity contribution is 5.85. The first-order valence-electron chi connectivity index (χ1n) is 3.69. The van der Waals surface area contributed by atoms with E-state index in [1.165, 1.54) is 0 Å². The Kier molecular flexibility index (Phi) is 4.32. The summed E-state index contributed by atoms with van der Waals surface area (Å²) in [7, 11) is 0. The average molecular weight is 182 g/mol. The van der Waals surface area contributed by atoms with Crippen LogP contribution < -0.4 is 5.32 Å². The second kappa shape index (κ2) is 4.26. The maximum Gasteiger partial charge on any atom is 0.0740 e. The number of nitrogens with one attached hydrogen (secondary N) is 1. The van der Waals surface area contributed by atoms with E-state index in [0.717, 1.165) is 13.0 Å². The number of β-amino-alcohol motifs (C(OH)–C–C–N with tert-alkyl or cyclic N) is 1. The zero-order chi connectivity index (χ0) is 7.61. The summed E-state index contributed by atoms with van der Waals surface area (Å²) in [5.41, 5.74) is -0.273. The van der Waals surface area contributed by atoms with E-state index in [1.807, 2.05) is 6.92 Å². The normalized spacial score (nSPS) is 37.9. The van der Waals surface area contributed by atoms with Crippen LogP contribution in [0.15, 0.2) is 0 Å². The Labute approximate surface area is 73.2 Å². The average Bonchev–Trinajstić information content (AvgIpc) is 1.96. The van der Waals surface area contributed by atoms with Crippen molar-refractivity contribution >= 4 is 12.4 Å². The first kappa shape index (κ1) is 11.2. The fourth-order valence-electron chi connectivity index (χ4n) is 1.21. The fraction of sp³-hybridized carbons (Fsp3) is 1.00. The highest BCUT2D eigenvalue weighted by Gasteiger charge is 2.34. The predicted molar refractivity (Wildman–Crippen MR) is 45.9 cm³/mol. The third kappa shape index (κ3) is 2.30. The molecule has 0 aromatic carbocycles. The number of aliphatic hydroxyl groups excluding tert-OH is 2. The predicted octanol–water partition coefficient (Wildman–Crippen LogP) is -0.239. The lowest BCUT2D eigenvalue weighted by Gasteiger charge is -2.37. The molecule has 0 aliphatic carbocycles. The number of rotatable bonds is 1. The number of aliphatic hydroxyl groups is 2. The number of hydrogen-bond acceptors (Lipinski definition) is 3. The van der Waals surface area contributed by atoms with Gasteiger partial charge in [0.15, 0.2) is 0 Å². The minimum absolute atomic E-state index is 0. The van der Waals surface area contributed by atoms with Gasteiger partial charge in [-0.25, -0.2) is 0 Å². The van der Waals surface area contributed by atoms with Crippen molar-refractivity contribution in [1.82, 2.24) is 5.32 Å². The van der Waals surface area contributed by atoms with E-state index < -0.39 is 6.10 Å². The van der Waals surface area contributed by atoms with Crippen LogP contribution in [0.25, 0.3) is 0 Å². The van der Waals surface area contributed by atoms with Gasteiger partial charge in [0, 0.05) is 12.0 Å². The molecule has 1 saturated heterocycles. The summed E-state index contributed by atoms with van der Waals surface area (Å²) in [5, 5.41) is 21.4. The van der Waals surface area contributed by atoms with E-state index in [1.54, 1.807) is 0 Å². The quantitative estimate of drug-likeness (QED) is 0.524. The van der Waals surface area contributed by atoms with Crippen molar-refractivity contribution in [2.24, 2.45) is 5.41 Å². The van der Waals surface area contributed by atoms with Gasteiger partial charge >= 0.3 is 0 Å². The molecule has 0 bridgehead atoms. The summed E-state index contributed by atoms with van der Waals surface area (Å²) < 4.78 is 0. The lowest BCUT2D eigenvalue weighted by atomic mass is 9.79. The highest BCUT2D eigenvalue weighted by atomic mass is 35.5. The van der Waals surface area contributed by atoms with Crippen molar-refractivity contribution in [3.63, 3.8) is 0 Å². The van der Waals surface area contributed by atoms with E-state index >= 15 is 0 Å². The molecule has 0 saturated carbocycles. The smallest absolute Gasteiger partial charge is 0.0740 e. The molecule has 1 aliphatic heterocycles. The molecule has 11 heavy (non-hydrogen) atoms. The summed E-state index contributed by atoms with van der Waals surface area (Å²) in [6.07, 6.45) is 0.455. The minimum Gasteiger partial charge on any atom is -0.396 e. The molecular weight excluding hydrogens is 166 g/mol. The van der Waals surface area contributed by atoms with E-state index in [0.29, 0.717) is 6.54 Å². The van der Waals surface area contributed by atoms with Crippen molar-refractivity contribution in [3.05, 3.63) is 0 Å². The van der Waals surface area contributed by atoms with Crippen molar-refractivity contribution in [2.45, 2.75) is 19.4 Å². The molecule has 2 atom stereocenters. The lowest BCUT2D eigenvalue weighted by Crippen LogP contribution is -2.49. The monoisotopic (exact) mass is 181 g/mol. The number of halogens is 1. The van der Waals surface area contributed by atoms with Crippen LogP contribution in [0.2, 0.25) is 0 Å². The van der Waals surface area contributed by atoms with Crippen LogP contribution in [0.3, 0.4) is 0 Å². The van der Waals surface area contributed by atoms with Crippen LogP contribution in [-0.2, 0) is 0 Å². The van der Waals surface area contributed by atoms with Crippen LogP contribution in [0.4, 0.5) is 0 Å². The van der Waals surface area contributed by atoms with Crippen molar-refractivity contribution in [2.75, 3.05) is 19.7 Å². The molecular formula is C7H16ClNO2. The molecule has 0 aromatic rings. The third-order valence-electron chi connectivity index (χ3n) is 2.38. The lowest BCUT2D eigenvalue weighted by molar-refractivity contribution is -0.0254. The molecule has 1 heterocycles. The summed E-state index contributed by atoms with van der Waals surface area (Å²) in [6, 6.07) is 0. The molecule has 68 valence electrons. The minimum atomic E-state index is -0.397. The molecule has 3 nitrogen and oxygen atoms in total. The van der Waals surface area contributed by atoms with Crippen LogP contribution in [0, 0.1) is 5.41 Å². The molecule has 4 heteroatoms. The Bertz CT molecular complexity index is 123. The maximum absolute atomic E-state index is 9.41. The topological polar surface area (TPSA) is 52.5 Å². The molecule has 1 aliphatic rings. The maximum atomic E-state index is 9.41. The Morgan fingerprint density at radius 1 is 1.64 bits per heavy atom. The van der Waals surface area contributed by atoms with Crippen LogP contribution >= 0.6 is 12.4 Å². The Morgan fingerprint density at radius 2 is 2.27 bits per heavy atom. The van der Waals surface area contributed by atoms with Gasteiger partial charge in [0.1, 0.15) is 0 Å². The summed E-state index contributed by atoms with van der Waals surface area (Å²) in [4.78, 5) is 0. The zero-order valence-corrected chi connectivity index (χ0v) is 7.52. The first-order valence-corrected chi connectivity index (χ1v) is 3.69. The molecule has 0 spiro atoms. The second-order valence-electron chi connectivity index (χ2n) is 3.28. The van der Waals surface area contributed by atoms with Crippen molar-refractivity contribution in [1.29, 1.82) is 0 Å². The summed E-state index contributed by atoms with van der Waals surface area (Å²) in [5.74, 6) is 0. The zero-order valence-electron chi connectivity index (χ0n) is 6.71. The Morgan fingerprint density at radius 3 is 2.64 bits per heavy atom. The van der Waals surface area contributed by atoms with Gasteiger partial charge in [0.2, 0.25) is 0 Å². The van der Waals surface area contributed by atoms with Gasteiger partial charge in [-0.15, -0.1) is 12.4 Å². The Hall–Kier alpha value is 0.170. The molecule has 0 unspecified atom stereocenters. The van der Waals surface area contributed by atoms with Crippen LogP contribution in [0.5, 0.6) is 0 Å². The Balaban J connectivity index is 0.000001000. The standard InChI is InChI=1S/C7H15NO2.ClH/c1-7(5-9)2-3-8-4-6(7)10;/h6,8-10H,2-5H2,1H3;1H/t6-,7-;/m0./s1. The van der Waals surface area contributed by atoms with E-state index in [-0.39, 0.29) is 24.4 Å². The van der Waals surface area contributed by atoms with Gasteiger partial charge in [0.25, 0.3) is 0 Å². The molecule has 0 amide bonds. The molecule has 1 fully saturated rings. The van der Waals surface area contributed by atoms with Crippen molar-refractivity contribution < 1.29 is 10.2 Å². The summed E-state index contributed by atoms with van der Waals surface area (Å²) >= 11 is 0. The fourth-order valence-corrected chi connectivity index (χ4v) is 1.21. The largest absolute Gasteiger partial charge is 0.396 e. The number of piperidine rings is 1. The van der Waals surface area contributed by atoms with E-state index in [2.05, 4.69) is 5.32 Å². The molecule has 3 N–H and O–H groups in total. The molecule has 0 aromatic heterocycles. The van der Waals surface area contributed by atoms with Crippen molar-refractivity contribution in [3.8, 4) is 0 Å². The first-order chi connectivity index (χ1) is 4.69. The van der Waals surface area contributed by atoms with Gasteiger partial charge in [0.05, 0.1) is 12.7 Å². The van der Waals surface area contributed by atoms with Gasteiger partial charge in [-0.3, -0.25) is 0 Å². The van der Waals surface area contributed by atoms with Gasteiger partial charge in [-0.05, 0) is 13.0 Å². The van der Waals surface area contributed by atoms with E-state index in [4.69, 9.17) is 5.11 Å².